The topological polar surface area (TPSA) is 81.1 Å². The number of carbonyl (C=O) groups is 1. The van der Waals surface area contributed by atoms with Gasteiger partial charge in [-0.15, -0.1) is 0 Å². The van der Waals surface area contributed by atoms with Crippen molar-refractivity contribution in [3.8, 4) is 11.3 Å². The molecular formula is C22H21N3O3S. The Morgan fingerprint density at radius 1 is 1.07 bits per heavy atom. The third-order valence-corrected chi connectivity index (χ3v) is 6.59. The Morgan fingerprint density at radius 3 is 2.41 bits per heavy atom. The highest BCUT2D eigenvalue weighted by Crippen LogP contribution is 2.30. The summed E-state index contributed by atoms with van der Waals surface area (Å²) in [6.45, 7) is 0. The van der Waals surface area contributed by atoms with Crippen molar-refractivity contribution in [3.05, 3.63) is 78.4 Å². The van der Waals surface area contributed by atoms with Crippen LogP contribution in [-0.2, 0) is 14.6 Å². The fraction of sp³-hybridized carbons (Fsp3) is 0.182. The first-order valence-corrected chi connectivity index (χ1v) is 11.2. The molecular weight excluding hydrogens is 386 g/mol. The van der Waals surface area contributed by atoms with E-state index in [0.29, 0.717) is 17.9 Å². The van der Waals surface area contributed by atoms with Crippen LogP contribution in [0.2, 0.25) is 0 Å². The van der Waals surface area contributed by atoms with E-state index in [1.807, 2.05) is 60.7 Å². The molecule has 4 rings (SSSR count). The van der Waals surface area contributed by atoms with Gasteiger partial charge in [0.15, 0.2) is 9.84 Å². The van der Waals surface area contributed by atoms with Crippen molar-refractivity contribution in [1.82, 2.24) is 9.78 Å². The van der Waals surface area contributed by atoms with Gasteiger partial charge in [-0.3, -0.25) is 4.79 Å². The summed E-state index contributed by atoms with van der Waals surface area (Å²) >= 11 is 0. The summed E-state index contributed by atoms with van der Waals surface area (Å²) < 4.78 is 25.5. The van der Waals surface area contributed by atoms with Gasteiger partial charge in [-0.05, 0) is 18.1 Å². The molecule has 1 saturated heterocycles. The normalized spacial score (nSPS) is 18.1. The van der Waals surface area contributed by atoms with Gasteiger partial charge in [-0.25, -0.2) is 13.1 Å². The Hall–Kier alpha value is -3.19. The number of hydrogen-bond donors (Lipinski definition) is 1. The van der Waals surface area contributed by atoms with Gasteiger partial charge in [0.2, 0.25) is 5.91 Å². The quantitative estimate of drug-likeness (QED) is 0.656. The van der Waals surface area contributed by atoms with Crippen molar-refractivity contribution in [1.29, 1.82) is 0 Å². The van der Waals surface area contributed by atoms with Gasteiger partial charge >= 0.3 is 0 Å². The molecule has 0 spiro atoms. The largest absolute Gasteiger partial charge is 0.307 e. The Kier molecular flexibility index (Phi) is 5.31. The van der Waals surface area contributed by atoms with Crippen molar-refractivity contribution in [2.75, 3.05) is 16.8 Å². The van der Waals surface area contributed by atoms with Gasteiger partial charge < -0.3 is 5.32 Å². The van der Waals surface area contributed by atoms with Gasteiger partial charge in [-0.2, -0.15) is 5.10 Å². The van der Waals surface area contributed by atoms with E-state index in [1.165, 1.54) is 6.08 Å². The van der Waals surface area contributed by atoms with Crippen molar-refractivity contribution in [2.24, 2.45) is 0 Å². The Morgan fingerprint density at radius 2 is 1.76 bits per heavy atom. The number of amides is 1. The van der Waals surface area contributed by atoms with E-state index in [0.717, 1.165) is 11.1 Å². The first-order chi connectivity index (χ1) is 14.0. The Bertz CT molecular complexity index is 1140. The fourth-order valence-electron chi connectivity index (χ4n) is 3.39. The molecule has 0 bridgehead atoms. The Labute approximate surface area is 169 Å². The number of carbonyl (C=O) groups excluding carboxylic acids is 1. The summed E-state index contributed by atoms with van der Waals surface area (Å²) in [7, 11) is -3.08. The summed E-state index contributed by atoms with van der Waals surface area (Å²) in [5, 5.41) is 7.47. The SMILES string of the molecule is O=C(/C=C/c1ccccc1)Nc1cc(-c2ccccc2)nn1[C@H]1CCS(=O)(=O)C1. The number of anilines is 1. The molecule has 1 aliphatic heterocycles. The molecule has 0 radical (unpaired) electrons. The zero-order chi connectivity index (χ0) is 20.3. The number of benzene rings is 2. The van der Waals surface area contributed by atoms with Crippen molar-refractivity contribution < 1.29 is 13.2 Å². The standard InChI is InChI=1S/C22H21N3O3S/c26-22(12-11-17-7-3-1-4-8-17)23-21-15-20(18-9-5-2-6-10-18)24-25(21)19-13-14-29(27,28)16-19/h1-12,15,19H,13-14,16H2,(H,23,26)/b12-11+/t19-/m0/s1. The lowest BCUT2D eigenvalue weighted by Crippen LogP contribution is -2.18. The van der Waals surface area contributed by atoms with Crippen LogP contribution in [0.5, 0.6) is 0 Å². The van der Waals surface area contributed by atoms with Crippen LogP contribution in [0.3, 0.4) is 0 Å². The highest BCUT2D eigenvalue weighted by atomic mass is 32.2. The lowest BCUT2D eigenvalue weighted by Gasteiger charge is -2.13. The molecule has 2 aromatic carbocycles. The van der Waals surface area contributed by atoms with Crippen molar-refractivity contribution >= 4 is 27.6 Å². The molecule has 1 atom stereocenters. The van der Waals surface area contributed by atoms with Crippen LogP contribution < -0.4 is 5.32 Å². The molecule has 7 heteroatoms. The van der Waals surface area contributed by atoms with Crippen LogP contribution in [0.25, 0.3) is 17.3 Å². The third-order valence-electron chi connectivity index (χ3n) is 4.84. The van der Waals surface area contributed by atoms with Crippen LogP contribution >= 0.6 is 0 Å². The fourth-order valence-corrected chi connectivity index (χ4v) is 5.08. The zero-order valence-electron chi connectivity index (χ0n) is 15.7. The van der Waals surface area contributed by atoms with E-state index in [2.05, 4.69) is 10.4 Å². The highest BCUT2D eigenvalue weighted by Gasteiger charge is 2.31. The molecule has 148 valence electrons. The van der Waals surface area contributed by atoms with E-state index >= 15 is 0 Å². The molecule has 2 heterocycles. The first-order valence-electron chi connectivity index (χ1n) is 9.40. The molecule has 6 nitrogen and oxygen atoms in total. The van der Waals surface area contributed by atoms with Gasteiger partial charge in [-0.1, -0.05) is 60.7 Å². The molecule has 1 aliphatic rings. The minimum atomic E-state index is -3.08. The number of rotatable bonds is 5. The summed E-state index contributed by atoms with van der Waals surface area (Å²) in [4.78, 5) is 12.5. The van der Waals surface area contributed by atoms with E-state index < -0.39 is 9.84 Å². The number of nitrogens with zero attached hydrogens (tertiary/aromatic N) is 2. The summed E-state index contributed by atoms with van der Waals surface area (Å²) in [5.74, 6) is 0.370. The van der Waals surface area contributed by atoms with Crippen LogP contribution in [-0.4, -0.2) is 35.6 Å². The maximum absolute atomic E-state index is 12.5. The van der Waals surface area contributed by atoms with Crippen LogP contribution in [0.4, 0.5) is 5.82 Å². The second-order valence-electron chi connectivity index (χ2n) is 7.02. The second-order valence-corrected chi connectivity index (χ2v) is 9.24. The van der Waals surface area contributed by atoms with E-state index in [1.54, 1.807) is 16.8 Å². The van der Waals surface area contributed by atoms with E-state index in [4.69, 9.17) is 0 Å². The molecule has 3 aromatic rings. The molecule has 0 unspecified atom stereocenters. The van der Waals surface area contributed by atoms with Gasteiger partial charge in [0.05, 0.1) is 23.2 Å². The average Bonchev–Trinajstić information content (AvgIpc) is 3.30. The minimum absolute atomic E-state index is 0.0334. The molecule has 0 saturated carbocycles. The smallest absolute Gasteiger partial charge is 0.249 e. The molecule has 1 fully saturated rings. The minimum Gasteiger partial charge on any atom is -0.307 e. The van der Waals surface area contributed by atoms with Crippen LogP contribution in [0, 0.1) is 0 Å². The Balaban J connectivity index is 1.61. The van der Waals surface area contributed by atoms with Crippen molar-refractivity contribution in [3.63, 3.8) is 0 Å². The van der Waals surface area contributed by atoms with Crippen molar-refractivity contribution in [2.45, 2.75) is 12.5 Å². The molecule has 1 N–H and O–H groups in total. The number of aromatic nitrogens is 2. The molecule has 1 amide bonds. The summed E-state index contributed by atoms with van der Waals surface area (Å²) in [6, 6.07) is 20.6. The zero-order valence-corrected chi connectivity index (χ0v) is 16.5. The van der Waals surface area contributed by atoms with E-state index in [9.17, 15) is 13.2 Å². The second kappa shape index (κ2) is 8.05. The highest BCUT2D eigenvalue weighted by molar-refractivity contribution is 7.91. The van der Waals surface area contributed by atoms with Crippen LogP contribution in [0.1, 0.15) is 18.0 Å². The summed E-state index contributed by atoms with van der Waals surface area (Å²) in [6.07, 6.45) is 3.68. The number of hydrogen-bond acceptors (Lipinski definition) is 4. The van der Waals surface area contributed by atoms with Gasteiger partial charge in [0, 0.05) is 17.7 Å². The summed E-state index contributed by atoms with van der Waals surface area (Å²) in [5.41, 5.74) is 2.52. The van der Waals surface area contributed by atoms with Crippen LogP contribution in [0.15, 0.2) is 72.8 Å². The predicted molar refractivity (Wildman–Crippen MR) is 114 cm³/mol. The third kappa shape index (κ3) is 4.63. The number of sulfone groups is 1. The maximum Gasteiger partial charge on any atom is 0.249 e. The molecule has 0 aliphatic carbocycles. The average molecular weight is 407 g/mol. The van der Waals surface area contributed by atoms with E-state index in [-0.39, 0.29) is 23.5 Å². The predicted octanol–water partition coefficient (Wildman–Crippen LogP) is 3.56. The molecule has 1 aromatic heterocycles. The number of nitrogens with one attached hydrogen (secondary N) is 1. The monoisotopic (exact) mass is 407 g/mol. The maximum atomic E-state index is 12.5. The van der Waals surface area contributed by atoms with Gasteiger partial charge in [0.1, 0.15) is 5.82 Å². The lowest BCUT2D eigenvalue weighted by molar-refractivity contribution is -0.111. The molecule has 29 heavy (non-hydrogen) atoms. The van der Waals surface area contributed by atoms with Gasteiger partial charge in [0.25, 0.3) is 0 Å². The first kappa shape index (κ1) is 19.1. The lowest BCUT2D eigenvalue weighted by atomic mass is 10.1.